The van der Waals surface area contributed by atoms with Crippen molar-refractivity contribution in [3.05, 3.63) is 80.7 Å². The summed E-state index contributed by atoms with van der Waals surface area (Å²) >= 11 is 4.98. The highest BCUT2D eigenvalue weighted by molar-refractivity contribution is 9.10. The lowest BCUT2D eigenvalue weighted by atomic mass is 10.1. The lowest BCUT2D eigenvalue weighted by Gasteiger charge is -2.17. The summed E-state index contributed by atoms with van der Waals surface area (Å²) in [5, 5.41) is 5.10. The molecule has 0 saturated carbocycles. The van der Waals surface area contributed by atoms with Crippen molar-refractivity contribution in [2.45, 2.75) is 6.04 Å². The number of hydrogen-bond acceptors (Lipinski definition) is 2. The molecule has 0 fully saturated rings. The van der Waals surface area contributed by atoms with E-state index < -0.39 is 0 Å². The van der Waals surface area contributed by atoms with Gasteiger partial charge >= 0.3 is 0 Å². The summed E-state index contributed by atoms with van der Waals surface area (Å²) in [6.45, 7) is 0. The van der Waals surface area contributed by atoms with Crippen molar-refractivity contribution in [1.82, 2.24) is 10.3 Å². The van der Waals surface area contributed by atoms with Crippen LogP contribution in [0.4, 0.5) is 0 Å². The third kappa shape index (κ3) is 3.25. The summed E-state index contributed by atoms with van der Waals surface area (Å²) in [5.74, 6) is -0.122. The van der Waals surface area contributed by atoms with Crippen molar-refractivity contribution in [3.63, 3.8) is 0 Å². The molecule has 2 heterocycles. The van der Waals surface area contributed by atoms with Crippen molar-refractivity contribution in [2.24, 2.45) is 0 Å². The fraction of sp³-hybridized carbons (Fsp3) is 0.0625. The fourth-order valence-corrected chi connectivity index (χ4v) is 3.27. The quantitative estimate of drug-likeness (QED) is 0.713. The predicted molar refractivity (Wildman–Crippen MR) is 88.6 cm³/mol. The number of hydrogen-bond donors (Lipinski definition) is 2. The number of thiophene rings is 1. The first kappa shape index (κ1) is 14.1. The van der Waals surface area contributed by atoms with Gasteiger partial charge in [-0.05, 0) is 39.0 Å². The number of benzene rings is 1. The second kappa shape index (κ2) is 6.28. The molecule has 0 saturated heterocycles. The smallest absolute Gasteiger partial charge is 0.268 e. The Labute approximate surface area is 135 Å². The van der Waals surface area contributed by atoms with Crippen LogP contribution in [-0.2, 0) is 0 Å². The Balaban J connectivity index is 1.88. The molecule has 2 aromatic heterocycles. The van der Waals surface area contributed by atoms with Crippen molar-refractivity contribution >= 4 is 33.2 Å². The van der Waals surface area contributed by atoms with Gasteiger partial charge < -0.3 is 10.3 Å². The fourth-order valence-electron chi connectivity index (χ4n) is 2.13. The lowest BCUT2D eigenvalue weighted by molar-refractivity contribution is 0.0939. The topological polar surface area (TPSA) is 44.9 Å². The molecule has 2 N–H and O–H groups in total. The summed E-state index contributed by atoms with van der Waals surface area (Å²) in [4.78, 5) is 16.4. The van der Waals surface area contributed by atoms with Crippen LogP contribution >= 0.6 is 27.3 Å². The van der Waals surface area contributed by atoms with Gasteiger partial charge in [0.25, 0.3) is 5.91 Å². The number of carbonyl (C=O) groups excluding carboxylic acids is 1. The average molecular weight is 361 g/mol. The van der Waals surface area contributed by atoms with Crippen LogP contribution in [0.15, 0.2) is 64.6 Å². The average Bonchev–Trinajstić information content (AvgIpc) is 3.17. The zero-order valence-corrected chi connectivity index (χ0v) is 13.4. The van der Waals surface area contributed by atoms with Crippen LogP contribution in [0.2, 0.25) is 0 Å². The third-order valence-electron chi connectivity index (χ3n) is 3.13. The molecular formula is C16H13BrN2OS. The van der Waals surface area contributed by atoms with E-state index in [0.717, 1.165) is 14.9 Å². The van der Waals surface area contributed by atoms with E-state index in [-0.39, 0.29) is 11.9 Å². The minimum atomic E-state index is -0.138. The van der Waals surface area contributed by atoms with Gasteiger partial charge in [0.05, 0.1) is 6.04 Å². The van der Waals surface area contributed by atoms with Crippen molar-refractivity contribution in [3.8, 4) is 0 Å². The summed E-state index contributed by atoms with van der Waals surface area (Å²) < 4.78 is 0.861. The summed E-state index contributed by atoms with van der Waals surface area (Å²) in [7, 11) is 0. The monoisotopic (exact) mass is 360 g/mol. The molecule has 21 heavy (non-hydrogen) atoms. The Morgan fingerprint density at radius 3 is 2.62 bits per heavy atom. The van der Waals surface area contributed by atoms with Gasteiger partial charge in [-0.3, -0.25) is 4.79 Å². The van der Waals surface area contributed by atoms with Gasteiger partial charge in [-0.2, -0.15) is 0 Å². The first-order valence-electron chi connectivity index (χ1n) is 6.47. The Morgan fingerprint density at radius 1 is 1.19 bits per heavy atom. The van der Waals surface area contributed by atoms with E-state index in [1.165, 1.54) is 0 Å². The normalized spacial score (nSPS) is 12.0. The molecule has 0 radical (unpaired) electrons. The van der Waals surface area contributed by atoms with Gasteiger partial charge in [0.2, 0.25) is 0 Å². The van der Waals surface area contributed by atoms with Crippen LogP contribution in [-0.4, -0.2) is 10.9 Å². The van der Waals surface area contributed by atoms with Crippen LogP contribution in [0.1, 0.15) is 27.0 Å². The molecule has 5 heteroatoms. The first-order chi connectivity index (χ1) is 10.2. The minimum absolute atomic E-state index is 0.122. The van der Waals surface area contributed by atoms with Gasteiger partial charge in [-0.1, -0.05) is 36.4 Å². The Kier molecular flexibility index (Phi) is 4.22. The van der Waals surface area contributed by atoms with E-state index in [2.05, 4.69) is 26.2 Å². The molecule has 1 aromatic carbocycles. The third-order valence-corrected chi connectivity index (χ3v) is 4.52. The Bertz CT molecular complexity index is 722. The number of amides is 1. The van der Waals surface area contributed by atoms with Gasteiger partial charge in [0.1, 0.15) is 5.69 Å². The number of nitrogens with one attached hydrogen (secondary N) is 2. The summed E-state index contributed by atoms with van der Waals surface area (Å²) in [6, 6.07) is 15.6. The number of halogens is 1. The number of rotatable bonds is 4. The largest absolute Gasteiger partial charge is 0.356 e. The van der Waals surface area contributed by atoms with E-state index in [1.54, 1.807) is 23.6 Å². The molecule has 3 nitrogen and oxygen atoms in total. The second-order valence-electron chi connectivity index (χ2n) is 4.56. The van der Waals surface area contributed by atoms with Crippen molar-refractivity contribution in [2.75, 3.05) is 0 Å². The molecule has 1 amide bonds. The maximum atomic E-state index is 12.4. The highest BCUT2D eigenvalue weighted by atomic mass is 79.9. The standard InChI is InChI=1S/C16H13BrN2OS/c17-12-9-13(18-10-12)16(20)19-15(14-7-4-8-21-14)11-5-2-1-3-6-11/h1-10,15,18H,(H,19,20). The second-order valence-corrected chi connectivity index (χ2v) is 6.46. The van der Waals surface area contributed by atoms with Crippen LogP contribution in [0.25, 0.3) is 0 Å². The number of H-pyrrole nitrogens is 1. The minimum Gasteiger partial charge on any atom is -0.356 e. The number of aromatic amines is 1. The lowest BCUT2D eigenvalue weighted by Crippen LogP contribution is -2.29. The molecule has 1 unspecified atom stereocenters. The zero-order valence-electron chi connectivity index (χ0n) is 11.0. The molecule has 106 valence electrons. The zero-order chi connectivity index (χ0) is 14.7. The number of aromatic nitrogens is 1. The van der Waals surface area contributed by atoms with Crippen LogP contribution in [0.3, 0.4) is 0 Å². The van der Waals surface area contributed by atoms with Crippen LogP contribution < -0.4 is 5.32 Å². The van der Waals surface area contributed by atoms with E-state index in [4.69, 9.17) is 0 Å². The molecule has 0 spiro atoms. The molecule has 0 bridgehead atoms. The maximum absolute atomic E-state index is 12.4. The van der Waals surface area contributed by atoms with Gasteiger partial charge in [-0.25, -0.2) is 0 Å². The maximum Gasteiger partial charge on any atom is 0.268 e. The molecular weight excluding hydrogens is 348 g/mol. The number of carbonyl (C=O) groups is 1. The summed E-state index contributed by atoms with van der Waals surface area (Å²) in [6.07, 6.45) is 1.75. The first-order valence-corrected chi connectivity index (χ1v) is 8.14. The molecule has 0 aliphatic rings. The van der Waals surface area contributed by atoms with Gasteiger partial charge in [0.15, 0.2) is 0 Å². The van der Waals surface area contributed by atoms with Crippen LogP contribution in [0, 0.1) is 0 Å². The van der Waals surface area contributed by atoms with E-state index >= 15 is 0 Å². The van der Waals surface area contributed by atoms with E-state index in [0.29, 0.717) is 5.69 Å². The molecule has 3 aromatic rings. The molecule has 3 rings (SSSR count). The van der Waals surface area contributed by atoms with Crippen LogP contribution in [0.5, 0.6) is 0 Å². The SMILES string of the molecule is O=C(NC(c1ccccc1)c1cccs1)c1cc(Br)c[nH]1. The molecule has 0 aliphatic carbocycles. The molecule has 0 aliphatic heterocycles. The molecule has 1 atom stereocenters. The highest BCUT2D eigenvalue weighted by Gasteiger charge is 2.19. The van der Waals surface area contributed by atoms with E-state index in [9.17, 15) is 4.79 Å². The van der Waals surface area contributed by atoms with Gasteiger partial charge in [0, 0.05) is 15.5 Å². The predicted octanol–water partition coefficient (Wildman–Crippen LogP) is 4.36. The summed E-state index contributed by atoms with van der Waals surface area (Å²) in [5.41, 5.74) is 1.61. The Hall–Kier alpha value is -1.85. The van der Waals surface area contributed by atoms with Crippen molar-refractivity contribution < 1.29 is 4.79 Å². The van der Waals surface area contributed by atoms with Crippen molar-refractivity contribution in [1.29, 1.82) is 0 Å². The Morgan fingerprint density at radius 2 is 2.00 bits per heavy atom. The van der Waals surface area contributed by atoms with Gasteiger partial charge in [-0.15, -0.1) is 11.3 Å². The van der Waals surface area contributed by atoms with E-state index in [1.807, 2.05) is 47.8 Å². The highest BCUT2D eigenvalue weighted by Crippen LogP contribution is 2.26.